The van der Waals surface area contributed by atoms with Gasteiger partial charge < -0.3 is 10.6 Å². The lowest BCUT2D eigenvalue weighted by atomic mass is 9.96. The molecule has 3 nitrogen and oxygen atoms in total. The summed E-state index contributed by atoms with van der Waals surface area (Å²) in [7, 11) is 1.84. The van der Waals surface area contributed by atoms with E-state index in [1.54, 1.807) is 0 Å². The van der Waals surface area contributed by atoms with Crippen molar-refractivity contribution < 1.29 is 0 Å². The highest BCUT2D eigenvalue weighted by Gasteiger charge is 2.42. The van der Waals surface area contributed by atoms with E-state index in [1.165, 1.54) is 24.8 Å². The summed E-state index contributed by atoms with van der Waals surface area (Å²) in [6.45, 7) is 6.39. The molecule has 2 N–H and O–H groups in total. The van der Waals surface area contributed by atoms with Gasteiger partial charge >= 0.3 is 0 Å². The molecule has 0 saturated heterocycles. The third-order valence-corrected chi connectivity index (χ3v) is 3.91. The number of rotatable bonds is 6. The molecule has 0 atom stereocenters. The quantitative estimate of drug-likeness (QED) is 0.617. The first kappa shape index (κ1) is 14.9. The van der Waals surface area contributed by atoms with Crippen LogP contribution in [0.5, 0.6) is 0 Å². The zero-order valence-electron chi connectivity index (χ0n) is 12.9. The van der Waals surface area contributed by atoms with Crippen molar-refractivity contribution in [2.45, 2.75) is 33.1 Å². The minimum atomic E-state index is 0.441. The molecule has 0 aromatic heterocycles. The molecule has 1 aliphatic rings. The van der Waals surface area contributed by atoms with E-state index in [2.05, 4.69) is 59.8 Å². The molecule has 0 amide bonds. The average Bonchev–Trinajstić information content (AvgIpc) is 3.20. The van der Waals surface area contributed by atoms with Crippen molar-refractivity contribution in [1.29, 1.82) is 0 Å². The fourth-order valence-corrected chi connectivity index (χ4v) is 2.41. The fourth-order valence-electron chi connectivity index (χ4n) is 2.41. The SMILES string of the molecule is CN=C(NCC(C)C)NCC1(Cc2ccccc2)CC1. The summed E-state index contributed by atoms with van der Waals surface area (Å²) < 4.78 is 0. The molecular formula is C17H27N3. The molecule has 0 radical (unpaired) electrons. The number of benzene rings is 1. The lowest BCUT2D eigenvalue weighted by molar-refractivity contribution is 0.490. The topological polar surface area (TPSA) is 36.4 Å². The van der Waals surface area contributed by atoms with Crippen LogP contribution in [0.1, 0.15) is 32.3 Å². The van der Waals surface area contributed by atoms with Crippen LogP contribution in [0.3, 0.4) is 0 Å². The Morgan fingerprint density at radius 3 is 2.45 bits per heavy atom. The standard InChI is InChI=1S/C17H27N3/c1-14(2)12-19-16(18-3)20-13-17(9-10-17)11-15-7-5-4-6-8-15/h4-8,14H,9-13H2,1-3H3,(H2,18,19,20). The van der Waals surface area contributed by atoms with Crippen LogP contribution < -0.4 is 10.6 Å². The van der Waals surface area contributed by atoms with Crippen LogP contribution in [-0.4, -0.2) is 26.1 Å². The second kappa shape index (κ2) is 6.78. The largest absolute Gasteiger partial charge is 0.356 e. The van der Waals surface area contributed by atoms with Crippen LogP contribution in [0, 0.1) is 11.3 Å². The summed E-state index contributed by atoms with van der Waals surface area (Å²) in [5.41, 5.74) is 1.88. The zero-order chi connectivity index (χ0) is 14.4. The van der Waals surface area contributed by atoms with Crippen LogP contribution in [0.2, 0.25) is 0 Å². The van der Waals surface area contributed by atoms with Crippen molar-refractivity contribution >= 4 is 5.96 Å². The Labute approximate surface area is 122 Å². The molecule has 0 heterocycles. The predicted molar refractivity (Wildman–Crippen MR) is 86.0 cm³/mol. The number of guanidine groups is 1. The molecule has 0 unspecified atom stereocenters. The van der Waals surface area contributed by atoms with Gasteiger partial charge in [-0.25, -0.2) is 0 Å². The van der Waals surface area contributed by atoms with Gasteiger partial charge in [0.2, 0.25) is 0 Å². The van der Waals surface area contributed by atoms with Crippen LogP contribution in [0.4, 0.5) is 0 Å². The maximum atomic E-state index is 4.29. The van der Waals surface area contributed by atoms with Gasteiger partial charge in [0.1, 0.15) is 0 Å². The Bertz CT molecular complexity index is 433. The molecule has 1 aliphatic carbocycles. The van der Waals surface area contributed by atoms with Gasteiger partial charge in [-0.05, 0) is 36.2 Å². The fraction of sp³-hybridized carbons (Fsp3) is 0.588. The van der Waals surface area contributed by atoms with E-state index in [1.807, 2.05) is 7.05 Å². The average molecular weight is 273 g/mol. The van der Waals surface area contributed by atoms with Gasteiger partial charge in [0, 0.05) is 20.1 Å². The van der Waals surface area contributed by atoms with Gasteiger partial charge in [-0.2, -0.15) is 0 Å². The molecule has 0 bridgehead atoms. The highest BCUT2D eigenvalue weighted by Crippen LogP contribution is 2.47. The highest BCUT2D eigenvalue weighted by atomic mass is 15.2. The maximum Gasteiger partial charge on any atom is 0.191 e. The Hall–Kier alpha value is -1.51. The molecule has 1 aromatic carbocycles. The second-order valence-electron chi connectivity index (χ2n) is 6.36. The highest BCUT2D eigenvalue weighted by molar-refractivity contribution is 5.79. The van der Waals surface area contributed by atoms with Crippen LogP contribution in [0.15, 0.2) is 35.3 Å². The summed E-state index contributed by atoms with van der Waals surface area (Å²) in [6, 6.07) is 10.8. The molecule has 3 heteroatoms. The van der Waals surface area contributed by atoms with Crippen molar-refractivity contribution in [2.24, 2.45) is 16.3 Å². The van der Waals surface area contributed by atoms with Crippen molar-refractivity contribution in [3.63, 3.8) is 0 Å². The summed E-state index contributed by atoms with van der Waals surface area (Å²) in [5.74, 6) is 1.56. The monoisotopic (exact) mass is 273 g/mol. The third-order valence-electron chi connectivity index (χ3n) is 3.91. The summed E-state index contributed by atoms with van der Waals surface area (Å²) in [5, 5.41) is 6.86. The van der Waals surface area contributed by atoms with Gasteiger partial charge in [-0.3, -0.25) is 4.99 Å². The number of nitrogens with zero attached hydrogens (tertiary/aromatic N) is 1. The van der Waals surface area contributed by atoms with Gasteiger partial charge in [-0.1, -0.05) is 44.2 Å². The van der Waals surface area contributed by atoms with Gasteiger partial charge in [-0.15, -0.1) is 0 Å². The van der Waals surface area contributed by atoms with E-state index in [0.717, 1.165) is 19.0 Å². The van der Waals surface area contributed by atoms with E-state index in [0.29, 0.717) is 11.3 Å². The maximum absolute atomic E-state index is 4.29. The number of aliphatic imine (C=N–C) groups is 1. The second-order valence-corrected chi connectivity index (χ2v) is 6.36. The van der Waals surface area contributed by atoms with Crippen LogP contribution in [0.25, 0.3) is 0 Å². The van der Waals surface area contributed by atoms with Crippen molar-refractivity contribution in [3.8, 4) is 0 Å². The lowest BCUT2D eigenvalue weighted by Crippen LogP contribution is -2.42. The van der Waals surface area contributed by atoms with E-state index in [-0.39, 0.29) is 0 Å². The van der Waals surface area contributed by atoms with E-state index in [9.17, 15) is 0 Å². The molecule has 1 fully saturated rings. The molecule has 0 aliphatic heterocycles. The van der Waals surface area contributed by atoms with Crippen LogP contribution in [-0.2, 0) is 6.42 Å². The van der Waals surface area contributed by atoms with Crippen molar-refractivity contribution in [1.82, 2.24) is 10.6 Å². The zero-order valence-corrected chi connectivity index (χ0v) is 12.9. The van der Waals surface area contributed by atoms with E-state index in [4.69, 9.17) is 0 Å². The summed E-state index contributed by atoms with van der Waals surface area (Å²) >= 11 is 0. The number of nitrogens with one attached hydrogen (secondary N) is 2. The smallest absolute Gasteiger partial charge is 0.191 e. The summed E-state index contributed by atoms with van der Waals surface area (Å²) in [4.78, 5) is 4.29. The third kappa shape index (κ3) is 4.55. The minimum absolute atomic E-state index is 0.441. The van der Waals surface area contributed by atoms with Gasteiger partial charge in [0.15, 0.2) is 5.96 Å². The first-order valence-corrected chi connectivity index (χ1v) is 7.62. The molecule has 1 aromatic rings. The number of hydrogen-bond donors (Lipinski definition) is 2. The van der Waals surface area contributed by atoms with Gasteiger partial charge in [0.05, 0.1) is 0 Å². The Morgan fingerprint density at radius 2 is 1.90 bits per heavy atom. The normalized spacial score (nSPS) is 17.1. The van der Waals surface area contributed by atoms with Crippen LogP contribution >= 0.6 is 0 Å². The van der Waals surface area contributed by atoms with E-state index < -0.39 is 0 Å². The van der Waals surface area contributed by atoms with Crippen molar-refractivity contribution in [2.75, 3.05) is 20.1 Å². The van der Waals surface area contributed by atoms with Gasteiger partial charge in [0.25, 0.3) is 0 Å². The molecule has 110 valence electrons. The first-order chi connectivity index (χ1) is 9.63. The first-order valence-electron chi connectivity index (χ1n) is 7.62. The lowest BCUT2D eigenvalue weighted by Gasteiger charge is -2.19. The molecule has 2 rings (SSSR count). The van der Waals surface area contributed by atoms with E-state index >= 15 is 0 Å². The molecular weight excluding hydrogens is 246 g/mol. The summed E-state index contributed by atoms with van der Waals surface area (Å²) in [6.07, 6.45) is 3.80. The Kier molecular flexibility index (Phi) is 5.05. The minimum Gasteiger partial charge on any atom is -0.356 e. The number of hydrogen-bond acceptors (Lipinski definition) is 1. The Balaban J connectivity index is 1.80. The molecule has 20 heavy (non-hydrogen) atoms. The predicted octanol–water partition coefficient (Wildman–Crippen LogP) is 2.83. The van der Waals surface area contributed by atoms with Crippen molar-refractivity contribution in [3.05, 3.63) is 35.9 Å². The molecule has 0 spiro atoms. The Morgan fingerprint density at radius 1 is 1.20 bits per heavy atom. The molecule has 1 saturated carbocycles.